The number of fused-ring (bicyclic) bond motifs is 2. The molecule has 132 valence electrons. The summed E-state index contributed by atoms with van der Waals surface area (Å²) in [6, 6.07) is 7.71. The molecule has 0 aliphatic carbocycles. The number of rotatable bonds is 2. The Morgan fingerprint density at radius 3 is 2.92 bits per heavy atom. The van der Waals surface area contributed by atoms with Crippen molar-refractivity contribution < 1.29 is 18.7 Å². The molecule has 6 nitrogen and oxygen atoms in total. The molecule has 25 heavy (non-hydrogen) atoms. The van der Waals surface area contributed by atoms with Crippen LogP contribution in [0.25, 0.3) is 0 Å². The van der Waals surface area contributed by atoms with Gasteiger partial charge in [0, 0.05) is 31.5 Å². The maximum Gasteiger partial charge on any atom is 0.317 e. The number of urea groups is 1. The Bertz CT molecular complexity index is 756. The fourth-order valence-corrected chi connectivity index (χ4v) is 3.22. The molecule has 6 heteroatoms. The minimum Gasteiger partial charge on any atom is -0.490 e. The number of ether oxygens (including phenoxy) is 2. The fraction of sp³-hybridized carbons (Fsp3) is 0.421. The van der Waals surface area contributed by atoms with Crippen molar-refractivity contribution in [2.75, 3.05) is 19.8 Å². The van der Waals surface area contributed by atoms with E-state index in [0.717, 1.165) is 54.2 Å². The topological polar surface area (TPSA) is 63.9 Å². The van der Waals surface area contributed by atoms with Gasteiger partial charge < -0.3 is 24.1 Å². The van der Waals surface area contributed by atoms with Crippen LogP contribution in [0.3, 0.4) is 0 Å². The van der Waals surface area contributed by atoms with Crippen LogP contribution in [0.4, 0.5) is 4.79 Å². The molecule has 0 spiro atoms. The number of furan rings is 1. The zero-order valence-corrected chi connectivity index (χ0v) is 14.1. The Hall–Kier alpha value is -2.63. The second kappa shape index (κ2) is 7.09. The Morgan fingerprint density at radius 1 is 1.12 bits per heavy atom. The summed E-state index contributed by atoms with van der Waals surface area (Å²) in [6.07, 6.45) is 4.38. The van der Waals surface area contributed by atoms with Gasteiger partial charge >= 0.3 is 6.03 Å². The van der Waals surface area contributed by atoms with Gasteiger partial charge in [-0.15, -0.1) is 0 Å². The van der Waals surface area contributed by atoms with Crippen LogP contribution >= 0.6 is 0 Å². The Labute approximate surface area is 146 Å². The van der Waals surface area contributed by atoms with Crippen LogP contribution in [0, 0.1) is 0 Å². The van der Waals surface area contributed by atoms with Crippen molar-refractivity contribution in [3.05, 3.63) is 47.4 Å². The highest BCUT2D eigenvalue weighted by Gasteiger charge is 2.20. The summed E-state index contributed by atoms with van der Waals surface area (Å²) >= 11 is 0. The quantitative estimate of drug-likeness (QED) is 0.911. The minimum absolute atomic E-state index is 0.0545. The van der Waals surface area contributed by atoms with Crippen LogP contribution in [0.15, 0.2) is 34.9 Å². The lowest BCUT2D eigenvalue weighted by atomic mass is 10.2. The first-order valence-electron chi connectivity index (χ1n) is 8.76. The first kappa shape index (κ1) is 15.9. The van der Waals surface area contributed by atoms with Crippen molar-refractivity contribution in [1.29, 1.82) is 0 Å². The monoisotopic (exact) mass is 342 g/mol. The second-order valence-corrected chi connectivity index (χ2v) is 6.38. The molecular formula is C19H22N2O4. The molecule has 3 heterocycles. The van der Waals surface area contributed by atoms with Gasteiger partial charge in [0.05, 0.1) is 26.0 Å². The normalized spacial score (nSPS) is 16.6. The summed E-state index contributed by atoms with van der Waals surface area (Å²) in [6.45, 7) is 3.12. The summed E-state index contributed by atoms with van der Waals surface area (Å²) in [5, 5.41) is 3.00. The number of aryl methyl sites for hydroxylation is 1. The van der Waals surface area contributed by atoms with Crippen molar-refractivity contribution in [3.63, 3.8) is 0 Å². The molecule has 1 aromatic carbocycles. The highest BCUT2D eigenvalue weighted by molar-refractivity contribution is 5.74. The van der Waals surface area contributed by atoms with E-state index < -0.39 is 0 Å². The second-order valence-electron chi connectivity index (χ2n) is 6.38. The number of carbonyl (C=O) groups excluding carboxylic acids is 1. The molecule has 0 radical (unpaired) electrons. The Balaban J connectivity index is 1.38. The van der Waals surface area contributed by atoms with Gasteiger partial charge in [-0.2, -0.15) is 0 Å². The molecule has 1 aromatic heterocycles. The Morgan fingerprint density at radius 2 is 2.00 bits per heavy atom. The van der Waals surface area contributed by atoms with Gasteiger partial charge in [0.2, 0.25) is 0 Å². The molecule has 0 saturated carbocycles. The van der Waals surface area contributed by atoms with Crippen LogP contribution in [-0.2, 0) is 19.5 Å². The van der Waals surface area contributed by atoms with Gasteiger partial charge in [0.15, 0.2) is 11.5 Å². The SMILES string of the molecule is O=C(NCc1ccc2c(c1)OCCCO2)N1CCCc2occc2C1. The number of carbonyl (C=O) groups is 1. The molecule has 4 rings (SSSR count). The van der Waals surface area contributed by atoms with Crippen LogP contribution in [0.2, 0.25) is 0 Å². The van der Waals surface area contributed by atoms with Crippen LogP contribution in [-0.4, -0.2) is 30.7 Å². The van der Waals surface area contributed by atoms with Crippen molar-refractivity contribution in [2.24, 2.45) is 0 Å². The summed E-state index contributed by atoms with van der Waals surface area (Å²) < 4.78 is 16.8. The van der Waals surface area contributed by atoms with Gasteiger partial charge in [-0.25, -0.2) is 4.79 Å². The van der Waals surface area contributed by atoms with E-state index in [-0.39, 0.29) is 6.03 Å². The lowest BCUT2D eigenvalue weighted by Crippen LogP contribution is -2.39. The molecule has 0 unspecified atom stereocenters. The van der Waals surface area contributed by atoms with Crippen LogP contribution < -0.4 is 14.8 Å². The maximum atomic E-state index is 12.5. The number of nitrogens with zero attached hydrogens (tertiary/aromatic N) is 1. The molecule has 0 bridgehead atoms. The lowest BCUT2D eigenvalue weighted by Gasteiger charge is -2.21. The standard InChI is InChI=1S/C19H22N2O4/c22-19(21-7-1-3-16-15(13-21)6-10-25-16)20-12-14-4-5-17-18(11-14)24-9-2-8-23-17/h4-6,10-11H,1-3,7-9,12-13H2,(H,20,22). The highest BCUT2D eigenvalue weighted by Crippen LogP contribution is 2.30. The Kier molecular flexibility index (Phi) is 4.50. The fourth-order valence-electron chi connectivity index (χ4n) is 3.22. The number of nitrogens with one attached hydrogen (secondary N) is 1. The van der Waals surface area contributed by atoms with Gasteiger partial charge in [-0.3, -0.25) is 0 Å². The van der Waals surface area contributed by atoms with Gasteiger partial charge in [-0.05, 0) is 30.2 Å². The van der Waals surface area contributed by atoms with E-state index in [9.17, 15) is 4.79 Å². The van der Waals surface area contributed by atoms with E-state index in [0.29, 0.717) is 26.3 Å². The van der Waals surface area contributed by atoms with E-state index in [1.54, 1.807) is 6.26 Å². The zero-order valence-electron chi connectivity index (χ0n) is 14.1. The first-order valence-corrected chi connectivity index (χ1v) is 8.76. The van der Waals surface area contributed by atoms with Crippen LogP contribution in [0.1, 0.15) is 29.7 Å². The maximum absolute atomic E-state index is 12.5. The zero-order chi connectivity index (χ0) is 17.1. The molecule has 2 aliphatic rings. The molecule has 2 aliphatic heterocycles. The smallest absolute Gasteiger partial charge is 0.317 e. The predicted molar refractivity (Wildman–Crippen MR) is 91.7 cm³/mol. The summed E-state index contributed by atoms with van der Waals surface area (Å²) in [5.74, 6) is 2.52. The van der Waals surface area contributed by atoms with E-state index in [1.807, 2.05) is 29.2 Å². The largest absolute Gasteiger partial charge is 0.490 e. The van der Waals surface area contributed by atoms with Crippen LogP contribution in [0.5, 0.6) is 11.5 Å². The third-order valence-electron chi connectivity index (χ3n) is 4.57. The van der Waals surface area contributed by atoms with E-state index >= 15 is 0 Å². The van der Waals surface area contributed by atoms with Crippen molar-refractivity contribution in [3.8, 4) is 11.5 Å². The number of hydrogen-bond acceptors (Lipinski definition) is 4. The average Bonchev–Trinajstić information content (AvgIpc) is 2.84. The predicted octanol–water partition coefficient (Wildman–Crippen LogP) is 3.10. The molecule has 0 fully saturated rings. The molecule has 2 amide bonds. The van der Waals surface area contributed by atoms with Crippen molar-refractivity contribution >= 4 is 6.03 Å². The summed E-state index contributed by atoms with van der Waals surface area (Å²) in [4.78, 5) is 14.4. The summed E-state index contributed by atoms with van der Waals surface area (Å²) in [5.41, 5.74) is 2.10. The third-order valence-corrected chi connectivity index (χ3v) is 4.57. The first-order chi connectivity index (χ1) is 12.3. The lowest BCUT2D eigenvalue weighted by molar-refractivity contribution is 0.195. The molecular weight excluding hydrogens is 320 g/mol. The van der Waals surface area contributed by atoms with Crippen molar-refractivity contribution in [1.82, 2.24) is 10.2 Å². The van der Waals surface area contributed by atoms with E-state index in [1.165, 1.54) is 0 Å². The van der Waals surface area contributed by atoms with E-state index in [4.69, 9.17) is 13.9 Å². The number of benzene rings is 1. The minimum atomic E-state index is -0.0545. The number of amides is 2. The van der Waals surface area contributed by atoms with Gasteiger partial charge in [-0.1, -0.05) is 6.07 Å². The van der Waals surface area contributed by atoms with Gasteiger partial charge in [0.1, 0.15) is 5.76 Å². The van der Waals surface area contributed by atoms with Gasteiger partial charge in [0.25, 0.3) is 0 Å². The highest BCUT2D eigenvalue weighted by atomic mass is 16.5. The average molecular weight is 342 g/mol. The molecule has 0 atom stereocenters. The molecule has 2 aromatic rings. The molecule has 1 N–H and O–H groups in total. The number of hydrogen-bond donors (Lipinski definition) is 1. The van der Waals surface area contributed by atoms with E-state index in [2.05, 4.69) is 5.32 Å². The molecule has 0 saturated heterocycles. The van der Waals surface area contributed by atoms with Crippen molar-refractivity contribution in [2.45, 2.75) is 32.4 Å². The third kappa shape index (κ3) is 3.57. The summed E-state index contributed by atoms with van der Waals surface area (Å²) in [7, 11) is 0.